The lowest BCUT2D eigenvalue weighted by Crippen LogP contribution is -2.48. The standard InChI is InChI=1S/C18H25NO4/c1-18(2,3)23-17(21)19-8-13-9-5-6-10(12-7-11(9)12)14(13)15(19)16(20)22-4/h5-6,9-15H,7-8H2,1-4H3/t9-,10+,11+,12-,13-,14+,15?/m1/s1. The van der Waals surface area contributed by atoms with Gasteiger partial charge >= 0.3 is 12.1 Å². The second-order valence-corrected chi connectivity index (χ2v) is 8.44. The number of rotatable bonds is 1. The Labute approximate surface area is 137 Å². The third kappa shape index (κ3) is 2.19. The second-order valence-electron chi connectivity index (χ2n) is 8.44. The first kappa shape index (κ1) is 15.0. The third-order valence-electron chi connectivity index (χ3n) is 6.05. The molecule has 0 aromatic heterocycles. The highest BCUT2D eigenvalue weighted by Gasteiger charge is 2.66. The summed E-state index contributed by atoms with van der Waals surface area (Å²) >= 11 is 0. The number of nitrogens with zero attached hydrogens (tertiary/aromatic N) is 1. The molecule has 0 radical (unpaired) electrons. The van der Waals surface area contributed by atoms with Crippen LogP contribution in [0.4, 0.5) is 4.79 Å². The van der Waals surface area contributed by atoms with Gasteiger partial charge < -0.3 is 9.47 Å². The number of hydrogen-bond donors (Lipinski definition) is 0. The van der Waals surface area contributed by atoms with Crippen LogP contribution in [0, 0.1) is 35.5 Å². The average Bonchev–Trinajstić information content (AvgIpc) is 3.19. The molecule has 1 amide bonds. The van der Waals surface area contributed by atoms with Crippen LogP contribution in [-0.4, -0.2) is 42.3 Å². The SMILES string of the molecule is COC(=O)C1[C@H]2[C@H]3C=C[C@@H]([C@H]2CN1C(=O)OC(C)(C)C)[C@@H]1C[C@H]31. The Morgan fingerprint density at radius 1 is 1.09 bits per heavy atom. The van der Waals surface area contributed by atoms with Crippen molar-refractivity contribution in [1.29, 1.82) is 0 Å². The Bertz CT molecular complexity index is 578. The van der Waals surface area contributed by atoms with E-state index >= 15 is 0 Å². The number of carbonyl (C=O) groups excluding carboxylic acids is 2. The minimum atomic E-state index is -0.565. The van der Waals surface area contributed by atoms with Gasteiger partial charge in [0, 0.05) is 12.5 Å². The maximum atomic E-state index is 12.6. The Hall–Kier alpha value is -1.52. The quantitative estimate of drug-likeness (QED) is 0.550. The number of likely N-dealkylation sites (tertiary alicyclic amines) is 1. The molecule has 0 aromatic rings. The maximum Gasteiger partial charge on any atom is 0.411 e. The molecule has 1 aliphatic heterocycles. The minimum absolute atomic E-state index is 0.189. The Morgan fingerprint density at radius 3 is 2.39 bits per heavy atom. The summed E-state index contributed by atoms with van der Waals surface area (Å²) in [7, 11) is 1.40. The first-order valence-corrected chi connectivity index (χ1v) is 8.57. The fourth-order valence-corrected chi connectivity index (χ4v) is 5.23. The van der Waals surface area contributed by atoms with Crippen LogP contribution in [0.25, 0.3) is 0 Å². The summed E-state index contributed by atoms with van der Waals surface area (Å²) in [6.07, 6.45) is 5.49. The molecular weight excluding hydrogens is 294 g/mol. The molecule has 0 aromatic carbocycles. The summed E-state index contributed by atoms with van der Waals surface area (Å²) in [5.74, 6) is 2.64. The van der Waals surface area contributed by atoms with Crippen molar-refractivity contribution in [3.8, 4) is 0 Å². The molecule has 1 saturated heterocycles. The highest BCUT2D eigenvalue weighted by atomic mass is 16.6. The van der Waals surface area contributed by atoms with Crippen LogP contribution in [0.1, 0.15) is 27.2 Å². The summed E-state index contributed by atoms with van der Waals surface area (Å²) in [4.78, 5) is 26.7. The summed E-state index contributed by atoms with van der Waals surface area (Å²) in [6, 6.07) is -0.501. The largest absolute Gasteiger partial charge is 0.467 e. The van der Waals surface area contributed by atoms with Crippen molar-refractivity contribution in [1.82, 2.24) is 4.90 Å². The highest BCUT2D eigenvalue weighted by Crippen LogP contribution is 2.66. The van der Waals surface area contributed by atoms with Gasteiger partial charge in [0.25, 0.3) is 0 Å². The molecule has 126 valence electrons. The third-order valence-corrected chi connectivity index (χ3v) is 6.05. The lowest BCUT2D eigenvalue weighted by Gasteiger charge is -2.41. The molecule has 5 nitrogen and oxygen atoms in total. The highest BCUT2D eigenvalue weighted by molar-refractivity contribution is 5.83. The van der Waals surface area contributed by atoms with Crippen LogP contribution in [0.5, 0.6) is 0 Å². The summed E-state index contributed by atoms with van der Waals surface area (Å²) in [5.41, 5.74) is -0.565. The maximum absolute atomic E-state index is 12.6. The van der Waals surface area contributed by atoms with Gasteiger partial charge in [0.2, 0.25) is 0 Å². The number of allylic oxidation sites excluding steroid dienone is 2. The van der Waals surface area contributed by atoms with Gasteiger partial charge in [-0.25, -0.2) is 9.59 Å². The van der Waals surface area contributed by atoms with Crippen molar-refractivity contribution in [2.45, 2.75) is 38.8 Å². The van der Waals surface area contributed by atoms with Gasteiger partial charge in [0.05, 0.1) is 7.11 Å². The van der Waals surface area contributed by atoms with Gasteiger partial charge in [-0.3, -0.25) is 4.90 Å². The predicted octanol–water partition coefficient (Wildman–Crippen LogP) is 2.46. The zero-order valence-corrected chi connectivity index (χ0v) is 14.2. The van der Waals surface area contributed by atoms with Gasteiger partial charge in [-0.15, -0.1) is 0 Å². The lowest BCUT2D eigenvalue weighted by molar-refractivity contribution is -0.148. The summed E-state index contributed by atoms with van der Waals surface area (Å²) in [6.45, 7) is 6.15. The lowest BCUT2D eigenvalue weighted by atomic mass is 9.62. The number of methoxy groups -OCH3 is 1. The fourth-order valence-electron chi connectivity index (χ4n) is 5.23. The molecule has 1 heterocycles. The smallest absolute Gasteiger partial charge is 0.411 e. The van der Waals surface area contributed by atoms with Gasteiger partial charge in [0.15, 0.2) is 0 Å². The van der Waals surface area contributed by atoms with Crippen molar-refractivity contribution in [3.05, 3.63) is 12.2 Å². The second kappa shape index (κ2) is 4.74. The van der Waals surface area contributed by atoms with E-state index in [4.69, 9.17) is 9.47 Å². The number of hydrogen-bond acceptors (Lipinski definition) is 4. The molecule has 4 aliphatic carbocycles. The van der Waals surface area contributed by atoms with Crippen molar-refractivity contribution in [2.24, 2.45) is 35.5 Å². The average molecular weight is 319 g/mol. The topological polar surface area (TPSA) is 55.8 Å². The number of ether oxygens (including phenoxy) is 2. The number of esters is 1. The summed E-state index contributed by atoms with van der Waals surface area (Å²) < 4.78 is 10.6. The van der Waals surface area contributed by atoms with Crippen molar-refractivity contribution in [3.63, 3.8) is 0 Å². The van der Waals surface area contributed by atoms with Crippen LogP contribution in [0.2, 0.25) is 0 Å². The molecule has 23 heavy (non-hydrogen) atoms. The first-order valence-electron chi connectivity index (χ1n) is 8.57. The molecule has 0 N–H and O–H groups in total. The predicted molar refractivity (Wildman–Crippen MR) is 83.4 cm³/mol. The van der Waals surface area contributed by atoms with Crippen molar-refractivity contribution >= 4 is 12.1 Å². The molecule has 2 bridgehead atoms. The van der Waals surface area contributed by atoms with Crippen molar-refractivity contribution < 1.29 is 19.1 Å². The zero-order valence-electron chi connectivity index (χ0n) is 14.2. The van der Waals surface area contributed by atoms with Crippen LogP contribution >= 0.6 is 0 Å². The molecule has 5 rings (SSSR count). The fraction of sp³-hybridized carbons (Fsp3) is 0.778. The molecule has 7 atom stereocenters. The van der Waals surface area contributed by atoms with E-state index in [0.717, 1.165) is 5.92 Å². The Kier molecular flexibility index (Phi) is 3.10. The van der Waals surface area contributed by atoms with Gasteiger partial charge in [0.1, 0.15) is 11.6 Å². The van der Waals surface area contributed by atoms with E-state index in [1.807, 2.05) is 20.8 Å². The molecule has 2 saturated carbocycles. The van der Waals surface area contributed by atoms with E-state index in [9.17, 15) is 9.59 Å². The van der Waals surface area contributed by atoms with Crippen LogP contribution in [-0.2, 0) is 14.3 Å². The summed E-state index contributed by atoms with van der Waals surface area (Å²) in [5, 5.41) is 0. The normalized spacial score (nSPS) is 43.0. The number of carbonyl (C=O) groups is 2. The van der Waals surface area contributed by atoms with Crippen LogP contribution in [0.3, 0.4) is 0 Å². The number of amides is 1. The van der Waals surface area contributed by atoms with E-state index < -0.39 is 17.7 Å². The van der Waals surface area contributed by atoms with Gasteiger partial charge in [-0.05, 0) is 56.8 Å². The van der Waals surface area contributed by atoms with Crippen LogP contribution in [0.15, 0.2) is 12.2 Å². The van der Waals surface area contributed by atoms with E-state index in [2.05, 4.69) is 12.2 Å². The van der Waals surface area contributed by atoms with E-state index in [1.54, 1.807) is 4.90 Å². The van der Waals surface area contributed by atoms with E-state index in [-0.39, 0.29) is 11.9 Å². The van der Waals surface area contributed by atoms with Crippen LogP contribution < -0.4 is 0 Å². The molecular formula is C18H25NO4. The molecule has 5 heteroatoms. The molecule has 3 fully saturated rings. The molecule has 5 aliphatic rings. The molecule has 0 spiro atoms. The van der Waals surface area contributed by atoms with Crippen molar-refractivity contribution in [2.75, 3.05) is 13.7 Å². The molecule has 1 unspecified atom stereocenters. The first-order chi connectivity index (χ1) is 10.8. The van der Waals surface area contributed by atoms with Gasteiger partial charge in [-0.2, -0.15) is 0 Å². The van der Waals surface area contributed by atoms with E-state index in [1.165, 1.54) is 13.5 Å². The zero-order chi connectivity index (χ0) is 16.5. The van der Waals surface area contributed by atoms with E-state index in [0.29, 0.717) is 30.2 Å². The minimum Gasteiger partial charge on any atom is -0.467 e. The van der Waals surface area contributed by atoms with Gasteiger partial charge in [-0.1, -0.05) is 12.2 Å². The Balaban J connectivity index is 1.64. The monoisotopic (exact) mass is 319 g/mol. The Morgan fingerprint density at radius 2 is 1.74 bits per heavy atom.